The minimum atomic E-state index is -0.527. The molecule has 4 atom stereocenters. The summed E-state index contributed by atoms with van der Waals surface area (Å²) in [6.07, 6.45) is 7.14. The molecule has 10 nitrogen and oxygen atoms in total. The number of nitrogens with zero attached hydrogens (tertiary/aromatic N) is 2. The number of aliphatic hydroxyl groups excluding tert-OH is 1. The molecule has 10 heteroatoms. The molecule has 3 aliphatic heterocycles. The number of unbranched alkanes of at least 4 members (excludes halogenated alkanes) is 1. The molecule has 3 heterocycles. The van der Waals surface area contributed by atoms with Crippen molar-refractivity contribution in [2.24, 2.45) is 0 Å². The van der Waals surface area contributed by atoms with E-state index in [9.17, 15) is 14.7 Å². The van der Waals surface area contributed by atoms with Gasteiger partial charge in [0.05, 0.1) is 30.2 Å². The summed E-state index contributed by atoms with van der Waals surface area (Å²) in [5, 5.41) is 15.5. The summed E-state index contributed by atoms with van der Waals surface area (Å²) >= 11 is 0. The standard InChI is InChI=1S/C46H57N5O5/c47-41-15-1-2-16-42(41)49-45(54)18-4-3-17-44(53)48-29-34-10-7-11-36(26-34)37-12-8-13-38(27-37)46-55-40(28-43(56-46)35-21-19-33(32-52)20-22-35)31-51-25-9-14-39(51)30-50-23-5-6-24-50/h1-2,7-8,10-13,15-16,19-22,26-27,39-40,43,46,52H,3-6,9,14,17-18,23-25,28-32,47H2,(H,48,53)(H,49,54). The fraction of sp³-hybridized carbons (Fsp3) is 0.435. The molecular weight excluding hydrogens is 703 g/mol. The fourth-order valence-corrected chi connectivity index (χ4v) is 8.31. The van der Waals surface area contributed by atoms with Gasteiger partial charge < -0.3 is 35.8 Å². The lowest BCUT2D eigenvalue weighted by atomic mass is 9.98. The van der Waals surface area contributed by atoms with Crippen LogP contribution in [0.2, 0.25) is 0 Å². The van der Waals surface area contributed by atoms with Gasteiger partial charge in [-0.05, 0) is 110 Å². The van der Waals surface area contributed by atoms with E-state index in [0.29, 0.717) is 49.6 Å². The Kier molecular flexibility index (Phi) is 13.8. The van der Waals surface area contributed by atoms with Crippen LogP contribution in [-0.2, 0) is 32.2 Å². The third kappa shape index (κ3) is 10.8. The molecule has 56 heavy (non-hydrogen) atoms. The highest BCUT2D eigenvalue weighted by atomic mass is 16.7. The Labute approximate surface area is 331 Å². The van der Waals surface area contributed by atoms with Crippen molar-refractivity contribution in [3.8, 4) is 11.1 Å². The molecule has 0 radical (unpaired) electrons. The van der Waals surface area contributed by atoms with E-state index in [-0.39, 0.29) is 30.6 Å². The van der Waals surface area contributed by atoms with Gasteiger partial charge in [-0.15, -0.1) is 0 Å². The Morgan fingerprint density at radius 1 is 0.750 bits per heavy atom. The molecule has 0 saturated carbocycles. The van der Waals surface area contributed by atoms with Crippen LogP contribution in [0, 0.1) is 0 Å². The molecule has 0 bridgehead atoms. The van der Waals surface area contributed by atoms with Crippen molar-refractivity contribution >= 4 is 23.2 Å². The van der Waals surface area contributed by atoms with Gasteiger partial charge in [-0.3, -0.25) is 14.5 Å². The third-order valence-corrected chi connectivity index (χ3v) is 11.4. The molecule has 296 valence electrons. The summed E-state index contributed by atoms with van der Waals surface area (Å²) in [6, 6.07) is 32.5. The lowest BCUT2D eigenvalue weighted by Crippen LogP contribution is -2.45. The minimum absolute atomic E-state index is 0.0110. The van der Waals surface area contributed by atoms with E-state index < -0.39 is 6.29 Å². The van der Waals surface area contributed by atoms with Crippen LogP contribution < -0.4 is 16.4 Å². The highest BCUT2D eigenvalue weighted by Gasteiger charge is 2.36. The number of likely N-dealkylation sites (tertiary alicyclic amines) is 2. The molecule has 3 fully saturated rings. The van der Waals surface area contributed by atoms with Crippen molar-refractivity contribution < 1.29 is 24.2 Å². The van der Waals surface area contributed by atoms with Crippen LogP contribution >= 0.6 is 0 Å². The number of hydrogen-bond acceptors (Lipinski definition) is 8. The predicted octanol–water partition coefficient (Wildman–Crippen LogP) is 7.35. The second kappa shape index (κ2) is 19.5. The molecule has 3 saturated heterocycles. The van der Waals surface area contributed by atoms with Gasteiger partial charge in [0.2, 0.25) is 11.8 Å². The number of carbonyl (C=O) groups is 2. The number of amides is 2. The first-order valence-electron chi connectivity index (χ1n) is 20.5. The molecule has 4 aromatic carbocycles. The second-order valence-electron chi connectivity index (χ2n) is 15.6. The van der Waals surface area contributed by atoms with Crippen LogP contribution in [0.3, 0.4) is 0 Å². The molecule has 4 aromatic rings. The number of nitrogens with one attached hydrogen (secondary N) is 2. The van der Waals surface area contributed by atoms with E-state index in [4.69, 9.17) is 15.2 Å². The fourth-order valence-electron chi connectivity index (χ4n) is 8.31. The predicted molar refractivity (Wildman–Crippen MR) is 220 cm³/mol. The molecule has 2 amide bonds. The zero-order chi connectivity index (χ0) is 38.7. The smallest absolute Gasteiger partial charge is 0.224 e. The van der Waals surface area contributed by atoms with E-state index >= 15 is 0 Å². The molecule has 0 aromatic heterocycles. The van der Waals surface area contributed by atoms with E-state index in [1.807, 2.05) is 36.4 Å². The van der Waals surface area contributed by atoms with Crippen molar-refractivity contribution in [1.29, 1.82) is 0 Å². The van der Waals surface area contributed by atoms with E-state index in [1.54, 1.807) is 12.1 Å². The van der Waals surface area contributed by atoms with Crippen LogP contribution in [0.5, 0.6) is 0 Å². The highest BCUT2D eigenvalue weighted by molar-refractivity contribution is 5.93. The van der Waals surface area contributed by atoms with Crippen molar-refractivity contribution in [3.63, 3.8) is 0 Å². The van der Waals surface area contributed by atoms with Gasteiger partial charge in [0.1, 0.15) is 0 Å². The number of benzene rings is 4. The average Bonchev–Trinajstić information content (AvgIpc) is 3.92. The summed E-state index contributed by atoms with van der Waals surface area (Å²) < 4.78 is 13.6. The number of carbonyl (C=O) groups excluding carboxylic acids is 2. The van der Waals surface area contributed by atoms with Crippen molar-refractivity contribution in [2.75, 3.05) is 43.8 Å². The molecule has 3 aliphatic rings. The molecule has 0 aliphatic carbocycles. The first kappa shape index (κ1) is 39.6. The maximum atomic E-state index is 12.7. The number of aliphatic hydroxyl groups is 1. The zero-order valence-electron chi connectivity index (χ0n) is 32.4. The van der Waals surface area contributed by atoms with Crippen LogP contribution in [0.1, 0.15) is 92.4 Å². The maximum Gasteiger partial charge on any atom is 0.224 e. The molecule has 0 spiro atoms. The van der Waals surface area contributed by atoms with E-state index in [1.165, 1.54) is 38.8 Å². The number of ether oxygens (including phenoxy) is 2. The number of hydrogen-bond donors (Lipinski definition) is 4. The van der Waals surface area contributed by atoms with E-state index in [0.717, 1.165) is 59.4 Å². The second-order valence-corrected chi connectivity index (χ2v) is 15.6. The van der Waals surface area contributed by atoms with Gasteiger partial charge in [0.25, 0.3) is 0 Å². The first-order chi connectivity index (χ1) is 27.4. The summed E-state index contributed by atoms with van der Waals surface area (Å²) in [5.74, 6) is -0.148. The minimum Gasteiger partial charge on any atom is -0.397 e. The maximum absolute atomic E-state index is 12.7. The van der Waals surface area contributed by atoms with Crippen LogP contribution in [0.4, 0.5) is 11.4 Å². The molecule has 5 N–H and O–H groups in total. The van der Waals surface area contributed by atoms with Crippen molar-refractivity contribution in [2.45, 2.75) is 95.5 Å². The number of rotatable bonds is 16. The summed E-state index contributed by atoms with van der Waals surface area (Å²) in [7, 11) is 0. The Bertz CT molecular complexity index is 1900. The first-order valence-corrected chi connectivity index (χ1v) is 20.5. The number of anilines is 2. The number of para-hydroxylation sites is 2. The number of nitrogen functional groups attached to an aromatic ring is 1. The highest BCUT2D eigenvalue weighted by Crippen LogP contribution is 2.40. The lowest BCUT2D eigenvalue weighted by molar-refractivity contribution is -0.253. The van der Waals surface area contributed by atoms with E-state index in [2.05, 4.69) is 69.0 Å². The van der Waals surface area contributed by atoms with Crippen LogP contribution in [0.15, 0.2) is 97.1 Å². The molecule has 7 rings (SSSR count). The summed E-state index contributed by atoms with van der Waals surface area (Å²) in [5.41, 5.74) is 13.1. The van der Waals surface area contributed by atoms with Crippen molar-refractivity contribution in [1.82, 2.24) is 15.1 Å². The van der Waals surface area contributed by atoms with Crippen LogP contribution in [-0.4, -0.2) is 71.6 Å². The monoisotopic (exact) mass is 759 g/mol. The zero-order valence-corrected chi connectivity index (χ0v) is 32.4. The van der Waals surface area contributed by atoms with Crippen molar-refractivity contribution in [3.05, 3.63) is 119 Å². The Morgan fingerprint density at radius 3 is 2.29 bits per heavy atom. The summed E-state index contributed by atoms with van der Waals surface area (Å²) in [6.45, 7) is 6.01. The van der Waals surface area contributed by atoms with Crippen LogP contribution in [0.25, 0.3) is 11.1 Å². The average molecular weight is 760 g/mol. The number of nitrogens with two attached hydrogens (primary N) is 1. The third-order valence-electron chi connectivity index (χ3n) is 11.4. The largest absolute Gasteiger partial charge is 0.397 e. The quantitative estimate of drug-likeness (QED) is 0.0690. The van der Waals surface area contributed by atoms with Gasteiger partial charge in [-0.1, -0.05) is 72.8 Å². The lowest BCUT2D eigenvalue weighted by Gasteiger charge is -2.39. The summed E-state index contributed by atoms with van der Waals surface area (Å²) in [4.78, 5) is 30.3. The topological polar surface area (TPSA) is 129 Å². The van der Waals surface area contributed by atoms with Gasteiger partial charge in [-0.25, -0.2) is 0 Å². The van der Waals surface area contributed by atoms with Gasteiger partial charge >= 0.3 is 0 Å². The molecule has 4 unspecified atom stereocenters. The Balaban J connectivity index is 0.960. The normalized spacial score (nSPS) is 21.6. The molecular formula is C46H57N5O5. The SMILES string of the molecule is Nc1ccccc1NC(=O)CCCCC(=O)NCc1cccc(-c2cccc(C3OC(CN4CCCC4CN4CCCC4)CC(c4ccc(CO)cc4)O3)c2)c1. The van der Waals surface area contributed by atoms with Gasteiger partial charge in [-0.2, -0.15) is 0 Å². The van der Waals surface area contributed by atoms with Gasteiger partial charge in [0.15, 0.2) is 6.29 Å². The Hall–Kier alpha value is -4.58. The van der Waals surface area contributed by atoms with Gasteiger partial charge in [0, 0.05) is 50.5 Å². The Morgan fingerprint density at radius 2 is 1.50 bits per heavy atom.